The summed E-state index contributed by atoms with van der Waals surface area (Å²) in [5.41, 5.74) is 3.22. The number of hydrazine groups is 1. The second-order valence-electron chi connectivity index (χ2n) is 0.957. The molecule has 3 N–H and O–H groups in total. The van der Waals surface area contributed by atoms with Crippen molar-refractivity contribution in [3.05, 3.63) is 0 Å². The van der Waals surface area contributed by atoms with E-state index in [9.17, 15) is 4.79 Å². The topological polar surface area (TPSA) is 70.6 Å². The monoisotopic (exact) mass is 120 g/mol. The molecular formula is C3H8N2O3. The first-order chi connectivity index (χ1) is 3.81. The molecule has 0 fully saturated rings. The Morgan fingerprint density at radius 2 is 2.50 bits per heavy atom. The molecule has 0 aromatic carbocycles. The summed E-state index contributed by atoms with van der Waals surface area (Å²) in [5, 5.41) is 7.80. The van der Waals surface area contributed by atoms with Gasteiger partial charge >= 0.3 is 6.09 Å². The average molecular weight is 120 g/mol. The van der Waals surface area contributed by atoms with Crippen molar-refractivity contribution in [1.29, 1.82) is 0 Å². The molecule has 48 valence electrons. The number of hydrogen-bond donors (Lipinski definition) is 3. The van der Waals surface area contributed by atoms with Crippen molar-refractivity contribution in [1.82, 2.24) is 11.0 Å². The van der Waals surface area contributed by atoms with Gasteiger partial charge in [0.05, 0.1) is 6.61 Å². The summed E-state index contributed by atoms with van der Waals surface area (Å²) in [5.74, 6) is 0. The highest BCUT2D eigenvalue weighted by Gasteiger charge is 1.93. The maximum atomic E-state index is 10.1. The summed E-state index contributed by atoms with van der Waals surface area (Å²) in [7, 11) is 0. The van der Waals surface area contributed by atoms with Crippen molar-refractivity contribution < 1.29 is 14.7 Å². The van der Waals surface area contributed by atoms with E-state index in [1.807, 2.05) is 0 Å². The Labute approximate surface area is 46.6 Å². The van der Waals surface area contributed by atoms with Crippen molar-refractivity contribution in [3.8, 4) is 0 Å². The van der Waals surface area contributed by atoms with Crippen LogP contribution in [0.15, 0.2) is 0 Å². The van der Waals surface area contributed by atoms with Gasteiger partial charge in [0.1, 0.15) is 0 Å². The molecule has 8 heavy (non-hydrogen) atoms. The highest BCUT2D eigenvalue weighted by atomic mass is 16.6. The van der Waals surface area contributed by atoms with Crippen LogP contribution in [0.2, 0.25) is 0 Å². The van der Waals surface area contributed by atoms with Crippen LogP contribution in [0.5, 0.6) is 0 Å². The van der Waals surface area contributed by atoms with Gasteiger partial charge in [0.2, 0.25) is 0 Å². The smallest absolute Gasteiger partial charge is 0.423 e. The molecule has 0 aromatic heterocycles. The Morgan fingerprint density at radius 3 is 2.88 bits per heavy atom. The van der Waals surface area contributed by atoms with E-state index < -0.39 is 6.09 Å². The summed E-state index contributed by atoms with van der Waals surface area (Å²) < 4.78 is 4.31. The molecule has 0 aliphatic carbocycles. The SMILES string of the molecule is CCOC(=O)NNO. The van der Waals surface area contributed by atoms with Crippen LogP contribution >= 0.6 is 0 Å². The summed E-state index contributed by atoms with van der Waals surface area (Å²) >= 11 is 0. The third kappa shape index (κ3) is 3.38. The van der Waals surface area contributed by atoms with Crippen LogP contribution in [0, 0.1) is 0 Å². The lowest BCUT2D eigenvalue weighted by atomic mass is 10.9. The lowest BCUT2D eigenvalue weighted by Crippen LogP contribution is -2.35. The minimum absolute atomic E-state index is 0.285. The van der Waals surface area contributed by atoms with Crippen LogP contribution < -0.4 is 11.0 Å². The number of hydrogen-bond acceptors (Lipinski definition) is 4. The van der Waals surface area contributed by atoms with Crippen LogP contribution in [-0.2, 0) is 4.74 Å². The standard InChI is InChI=1S/C3H8N2O3/c1-2-8-3(6)4-5-7/h5,7H,2H2,1H3,(H,4,6). The molecule has 0 atom stereocenters. The molecule has 5 heteroatoms. The van der Waals surface area contributed by atoms with Crippen LogP contribution in [0.3, 0.4) is 0 Å². The van der Waals surface area contributed by atoms with Crippen molar-refractivity contribution in [2.45, 2.75) is 6.92 Å². The van der Waals surface area contributed by atoms with Gasteiger partial charge in [-0.1, -0.05) is 0 Å². The molecule has 0 aliphatic heterocycles. The summed E-state index contributed by atoms with van der Waals surface area (Å²) in [6.45, 7) is 1.95. The molecule has 5 nitrogen and oxygen atoms in total. The van der Waals surface area contributed by atoms with E-state index in [1.54, 1.807) is 12.3 Å². The molecule has 0 aliphatic rings. The molecule has 0 unspecified atom stereocenters. The zero-order valence-corrected chi connectivity index (χ0v) is 4.47. The predicted octanol–water partition coefficient (Wildman–Crippen LogP) is -0.374. The molecule has 0 saturated heterocycles. The van der Waals surface area contributed by atoms with E-state index in [0.717, 1.165) is 0 Å². The van der Waals surface area contributed by atoms with E-state index in [2.05, 4.69) is 4.74 Å². The second kappa shape index (κ2) is 4.35. The van der Waals surface area contributed by atoms with E-state index in [1.165, 1.54) is 5.59 Å². The van der Waals surface area contributed by atoms with Gasteiger partial charge in [0.25, 0.3) is 0 Å². The van der Waals surface area contributed by atoms with Crippen molar-refractivity contribution >= 4 is 6.09 Å². The lowest BCUT2D eigenvalue weighted by molar-refractivity contribution is 0.0908. The lowest BCUT2D eigenvalue weighted by Gasteiger charge is -1.99. The van der Waals surface area contributed by atoms with E-state index >= 15 is 0 Å². The van der Waals surface area contributed by atoms with Crippen LogP contribution in [0.4, 0.5) is 4.79 Å². The van der Waals surface area contributed by atoms with E-state index in [-0.39, 0.29) is 6.61 Å². The van der Waals surface area contributed by atoms with Gasteiger partial charge in [0, 0.05) is 0 Å². The molecule has 0 saturated carbocycles. The van der Waals surface area contributed by atoms with Gasteiger partial charge in [0.15, 0.2) is 0 Å². The normalized spacial score (nSPS) is 8.25. The fourth-order valence-corrected chi connectivity index (χ4v) is 0.213. The fourth-order valence-electron chi connectivity index (χ4n) is 0.213. The number of nitrogens with one attached hydrogen (secondary N) is 2. The first-order valence-corrected chi connectivity index (χ1v) is 2.13. The van der Waals surface area contributed by atoms with Crippen molar-refractivity contribution in [3.63, 3.8) is 0 Å². The maximum absolute atomic E-state index is 10.1. The molecular weight excluding hydrogens is 112 g/mol. The van der Waals surface area contributed by atoms with Crippen molar-refractivity contribution in [2.75, 3.05) is 6.61 Å². The highest BCUT2D eigenvalue weighted by molar-refractivity contribution is 5.66. The van der Waals surface area contributed by atoms with Gasteiger partial charge in [-0.15, -0.1) is 5.59 Å². The zero-order valence-electron chi connectivity index (χ0n) is 4.47. The number of amides is 1. The molecule has 0 aromatic rings. The van der Waals surface area contributed by atoms with Gasteiger partial charge in [-0.3, -0.25) is 5.21 Å². The summed E-state index contributed by atoms with van der Waals surface area (Å²) in [6.07, 6.45) is -0.699. The maximum Gasteiger partial charge on any atom is 0.423 e. The third-order valence-electron chi connectivity index (χ3n) is 0.433. The quantitative estimate of drug-likeness (QED) is 0.435. The Hall–Kier alpha value is -0.810. The predicted molar refractivity (Wildman–Crippen MR) is 25.1 cm³/mol. The van der Waals surface area contributed by atoms with Gasteiger partial charge in [-0.25, -0.2) is 10.2 Å². The largest absolute Gasteiger partial charge is 0.449 e. The average Bonchev–Trinajstić information content (AvgIpc) is 1.68. The van der Waals surface area contributed by atoms with Crippen LogP contribution in [-0.4, -0.2) is 17.9 Å². The number of ether oxygens (including phenoxy) is 1. The third-order valence-corrected chi connectivity index (χ3v) is 0.433. The number of carbonyl (C=O) groups excluding carboxylic acids is 1. The Bertz CT molecular complexity index is 66.9. The summed E-state index contributed by atoms with van der Waals surface area (Å²) in [4.78, 5) is 10.1. The number of carbonyl (C=O) groups is 1. The fraction of sp³-hybridized carbons (Fsp3) is 0.667. The highest BCUT2D eigenvalue weighted by Crippen LogP contribution is 1.70. The molecule has 0 heterocycles. The molecule has 0 rings (SSSR count). The van der Waals surface area contributed by atoms with Crippen LogP contribution in [0.25, 0.3) is 0 Å². The van der Waals surface area contributed by atoms with E-state index in [0.29, 0.717) is 0 Å². The number of rotatable bonds is 2. The first kappa shape index (κ1) is 7.19. The second-order valence-corrected chi connectivity index (χ2v) is 0.957. The molecule has 0 spiro atoms. The summed E-state index contributed by atoms with van der Waals surface area (Å²) in [6, 6.07) is 0. The Kier molecular flexibility index (Phi) is 3.91. The zero-order chi connectivity index (χ0) is 6.41. The minimum atomic E-state index is -0.699. The Morgan fingerprint density at radius 1 is 1.88 bits per heavy atom. The molecule has 0 radical (unpaired) electrons. The Balaban J connectivity index is 3.06. The minimum Gasteiger partial charge on any atom is -0.449 e. The molecule has 0 bridgehead atoms. The van der Waals surface area contributed by atoms with Crippen LogP contribution in [0.1, 0.15) is 6.92 Å². The van der Waals surface area contributed by atoms with Gasteiger partial charge < -0.3 is 4.74 Å². The van der Waals surface area contributed by atoms with Gasteiger partial charge in [-0.05, 0) is 6.92 Å². The molecule has 1 amide bonds. The van der Waals surface area contributed by atoms with Crippen molar-refractivity contribution in [2.24, 2.45) is 0 Å². The van der Waals surface area contributed by atoms with E-state index in [4.69, 9.17) is 5.21 Å². The first-order valence-electron chi connectivity index (χ1n) is 2.13. The van der Waals surface area contributed by atoms with Gasteiger partial charge in [-0.2, -0.15) is 0 Å².